The van der Waals surface area contributed by atoms with Gasteiger partial charge in [0, 0.05) is 10.4 Å². The van der Waals surface area contributed by atoms with Crippen molar-refractivity contribution in [1.29, 1.82) is 0 Å². The molecule has 0 spiro atoms. The number of nitrogens with two attached hydrogens (primary N) is 1. The van der Waals surface area contributed by atoms with Crippen molar-refractivity contribution in [2.45, 2.75) is 26.7 Å². The molecule has 1 aromatic heterocycles. The molecule has 0 aliphatic carbocycles. The first-order valence-electron chi connectivity index (χ1n) is 6.21. The molecule has 3 N–H and O–H groups in total. The molecule has 0 saturated heterocycles. The van der Waals surface area contributed by atoms with Crippen LogP contribution in [0.2, 0.25) is 0 Å². The highest BCUT2D eigenvalue weighted by Gasteiger charge is 2.11. The van der Waals surface area contributed by atoms with Gasteiger partial charge < -0.3 is 15.5 Å². The van der Waals surface area contributed by atoms with E-state index in [2.05, 4.69) is 25.9 Å². The summed E-state index contributed by atoms with van der Waals surface area (Å²) >= 11 is 3.37. The molecule has 1 heterocycles. The number of aromatic amines is 1. The van der Waals surface area contributed by atoms with Crippen LogP contribution in [-0.4, -0.2) is 9.97 Å². The Morgan fingerprint density at radius 3 is 2.65 bits per heavy atom. The summed E-state index contributed by atoms with van der Waals surface area (Å²) in [7, 11) is 0. The SMILES string of the molecule is Cc1cc(Br)cc(N)c1Oc1cc(=O)[nH]c(C(C)C)n1. The van der Waals surface area contributed by atoms with Crippen LogP contribution < -0.4 is 16.0 Å². The van der Waals surface area contributed by atoms with Gasteiger partial charge in [0.1, 0.15) is 5.82 Å². The van der Waals surface area contributed by atoms with Crippen molar-refractivity contribution >= 4 is 21.6 Å². The van der Waals surface area contributed by atoms with E-state index in [4.69, 9.17) is 10.5 Å². The highest BCUT2D eigenvalue weighted by Crippen LogP contribution is 2.33. The second kappa shape index (κ2) is 5.66. The molecule has 0 unspecified atom stereocenters. The lowest BCUT2D eigenvalue weighted by Crippen LogP contribution is -2.12. The lowest BCUT2D eigenvalue weighted by molar-refractivity contribution is 0.454. The molecule has 0 fully saturated rings. The smallest absolute Gasteiger partial charge is 0.254 e. The second-order valence-electron chi connectivity index (χ2n) is 4.87. The highest BCUT2D eigenvalue weighted by molar-refractivity contribution is 9.10. The van der Waals surface area contributed by atoms with Gasteiger partial charge in [-0.05, 0) is 24.6 Å². The summed E-state index contributed by atoms with van der Waals surface area (Å²) in [5, 5.41) is 0. The fraction of sp³-hybridized carbons (Fsp3) is 0.286. The Bertz CT molecular complexity index is 672. The molecule has 20 heavy (non-hydrogen) atoms. The number of hydrogen-bond donors (Lipinski definition) is 2. The number of aryl methyl sites for hydroxylation is 1. The average molecular weight is 338 g/mol. The van der Waals surface area contributed by atoms with Gasteiger partial charge in [-0.25, -0.2) is 0 Å². The predicted molar refractivity (Wildman–Crippen MR) is 82.3 cm³/mol. The molecule has 2 rings (SSSR count). The van der Waals surface area contributed by atoms with E-state index < -0.39 is 0 Å². The molecule has 6 heteroatoms. The molecule has 1 aromatic carbocycles. The summed E-state index contributed by atoms with van der Waals surface area (Å²) in [6, 6.07) is 4.95. The first-order chi connectivity index (χ1) is 9.36. The largest absolute Gasteiger partial charge is 0.436 e. The summed E-state index contributed by atoms with van der Waals surface area (Å²) in [5.74, 6) is 1.45. The zero-order valence-corrected chi connectivity index (χ0v) is 13.1. The number of nitrogen functional groups attached to an aromatic ring is 1. The zero-order chi connectivity index (χ0) is 14.9. The number of benzene rings is 1. The van der Waals surface area contributed by atoms with Crippen LogP contribution in [0.3, 0.4) is 0 Å². The monoisotopic (exact) mass is 337 g/mol. The van der Waals surface area contributed by atoms with Crippen LogP contribution >= 0.6 is 15.9 Å². The maximum absolute atomic E-state index is 11.6. The normalized spacial score (nSPS) is 10.8. The molecule has 0 saturated carbocycles. The van der Waals surface area contributed by atoms with Gasteiger partial charge >= 0.3 is 0 Å². The maximum Gasteiger partial charge on any atom is 0.254 e. The zero-order valence-electron chi connectivity index (χ0n) is 11.5. The third-order valence-electron chi connectivity index (χ3n) is 2.76. The molecular weight excluding hydrogens is 322 g/mol. The minimum Gasteiger partial charge on any atom is -0.436 e. The number of H-pyrrole nitrogens is 1. The number of halogens is 1. The Morgan fingerprint density at radius 1 is 1.35 bits per heavy atom. The Morgan fingerprint density at radius 2 is 2.05 bits per heavy atom. The molecule has 0 aliphatic heterocycles. The van der Waals surface area contributed by atoms with Gasteiger partial charge in [-0.15, -0.1) is 0 Å². The summed E-state index contributed by atoms with van der Waals surface area (Å²) in [5.41, 5.74) is 7.05. The second-order valence-corrected chi connectivity index (χ2v) is 5.78. The van der Waals surface area contributed by atoms with E-state index in [-0.39, 0.29) is 17.4 Å². The van der Waals surface area contributed by atoms with Gasteiger partial charge in [0.25, 0.3) is 5.56 Å². The van der Waals surface area contributed by atoms with E-state index >= 15 is 0 Å². The molecule has 0 amide bonds. The fourth-order valence-corrected chi connectivity index (χ4v) is 2.37. The lowest BCUT2D eigenvalue weighted by Gasteiger charge is -2.12. The van der Waals surface area contributed by atoms with Crippen LogP contribution in [0.4, 0.5) is 5.69 Å². The molecule has 0 aliphatic rings. The summed E-state index contributed by atoms with van der Waals surface area (Å²) < 4.78 is 6.57. The first kappa shape index (κ1) is 14.6. The van der Waals surface area contributed by atoms with Crippen molar-refractivity contribution in [2.75, 3.05) is 5.73 Å². The van der Waals surface area contributed by atoms with Crippen molar-refractivity contribution in [3.63, 3.8) is 0 Å². The van der Waals surface area contributed by atoms with Crippen LogP contribution in [0, 0.1) is 6.92 Å². The average Bonchev–Trinajstić information content (AvgIpc) is 2.33. The maximum atomic E-state index is 11.6. The van der Waals surface area contributed by atoms with Gasteiger partial charge in [0.05, 0.1) is 11.8 Å². The Kier molecular flexibility index (Phi) is 4.13. The molecule has 0 atom stereocenters. The molecule has 0 radical (unpaired) electrons. The van der Waals surface area contributed by atoms with Crippen molar-refractivity contribution in [3.8, 4) is 11.6 Å². The number of aromatic nitrogens is 2. The number of ether oxygens (including phenoxy) is 1. The van der Waals surface area contributed by atoms with Crippen molar-refractivity contribution in [3.05, 3.63) is 44.4 Å². The van der Waals surface area contributed by atoms with Crippen molar-refractivity contribution < 1.29 is 4.74 Å². The molecular formula is C14H16BrN3O2. The van der Waals surface area contributed by atoms with Gasteiger partial charge in [0.15, 0.2) is 5.75 Å². The number of anilines is 1. The van der Waals surface area contributed by atoms with Crippen LogP contribution in [-0.2, 0) is 0 Å². The molecule has 106 valence electrons. The number of hydrogen-bond acceptors (Lipinski definition) is 4. The summed E-state index contributed by atoms with van der Waals surface area (Å²) in [6.45, 7) is 5.77. The Labute approximate surface area is 125 Å². The number of nitrogens with one attached hydrogen (secondary N) is 1. The van der Waals surface area contributed by atoms with Crippen LogP contribution in [0.25, 0.3) is 0 Å². The van der Waals surface area contributed by atoms with Gasteiger partial charge in [-0.1, -0.05) is 29.8 Å². The van der Waals surface area contributed by atoms with Crippen molar-refractivity contribution in [1.82, 2.24) is 9.97 Å². The quantitative estimate of drug-likeness (QED) is 0.841. The van der Waals surface area contributed by atoms with E-state index in [1.807, 2.05) is 26.8 Å². The van der Waals surface area contributed by atoms with Crippen molar-refractivity contribution in [2.24, 2.45) is 0 Å². The van der Waals surface area contributed by atoms with Gasteiger partial charge in [-0.3, -0.25) is 4.79 Å². The highest BCUT2D eigenvalue weighted by atomic mass is 79.9. The van der Waals surface area contributed by atoms with Crippen LogP contribution in [0.1, 0.15) is 31.2 Å². The predicted octanol–water partition coefficient (Wildman–Crippen LogP) is 3.34. The fourth-order valence-electron chi connectivity index (χ4n) is 1.78. The molecule has 0 bridgehead atoms. The first-order valence-corrected chi connectivity index (χ1v) is 7.01. The van der Waals surface area contributed by atoms with E-state index in [1.54, 1.807) is 6.07 Å². The minimum atomic E-state index is -0.243. The van der Waals surface area contributed by atoms with Gasteiger partial charge in [-0.2, -0.15) is 4.98 Å². The van der Waals surface area contributed by atoms with Crippen LogP contribution in [0.5, 0.6) is 11.6 Å². The number of nitrogens with zero attached hydrogens (tertiary/aromatic N) is 1. The lowest BCUT2D eigenvalue weighted by atomic mass is 10.2. The van der Waals surface area contributed by atoms with E-state index in [1.165, 1.54) is 6.07 Å². The van der Waals surface area contributed by atoms with Gasteiger partial charge in [0.2, 0.25) is 5.88 Å². The Hall–Kier alpha value is -1.82. The number of rotatable bonds is 3. The standard InChI is InChI=1S/C14H16BrN3O2/c1-7(2)14-17-11(19)6-12(18-14)20-13-8(3)4-9(15)5-10(13)16/h4-7H,16H2,1-3H3,(H,17,18,19). The summed E-state index contributed by atoms with van der Waals surface area (Å²) in [4.78, 5) is 18.6. The summed E-state index contributed by atoms with van der Waals surface area (Å²) in [6.07, 6.45) is 0. The van der Waals surface area contributed by atoms with E-state index in [9.17, 15) is 4.79 Å². The third kappa shape index (κ3) is 3.19. The van der Waals surface area contributed by atoms with E-state index in [0.717, 1.165) is 10.0 Å². The Balaban J connectivity index is 2.43. The molecule has 5 nitrogen and oxygen atoms in total. The molecule has 2 aromatic rings. The third-order valence-corrected chi connectivity index (χ3v) is 3.22. The topological polar surface area (TPSA) is 81.0 Å². The van der Waals surface area contributed by atoms with Crippen LogP contribution in [0.15, 0.2) is 27.5 Å². The minimum absolute atomic E-state index is 0.106. The van der Waals surface area contributed by atoms with E-state index in [0.29, 0.717) is 17.3 Å².